The van der Waals surface area contributed by atoms with Crippen LogP contribution in [0.3, 0.4) is 0 Å². The lowest BCUT2D eigenvalue weighted by molar-refractivity contribution is 0.0900. The number of nitrogens with zero attached hydrogens (tertiary/aromatic N) is 1. The molecule has 2 heterocycles. The molecule has 0 aromatic carbocycles. The summed E-state index contributed by atoms with van der Waals surface area (Å²) in [7, 11) is 0. The third-order valence-corrected chi connectivity index (χ3v) is 3.22. The summed E-state index contributed by atoms with van der Waals surface area (Å²) in [6.45, 7) is 4.00. The molecule has 2 unspecified atom stereocenters. The van der Waals surface area contributed by atoms with Crippen molar-refractivity contribution in [3.05, 3.63) is 18.3 Å². The molecule has 2 atom stereocenters. The van der Waals surface area contributed by atoms with Crippen LogP contribution < -0.4 is 16.6 Å². The average Bonchev–Trinajstić information content (AvgIpc) is 2.84. The smallest absolute Gasteiger partial charge is 0.141 e. The highest BCUT2D eigenvalue weighted by atomic mass is 16.5. The minimum Gasteiger partial charge on any atom is -0.385 e. The van der Waals surface area contributed by atoms with Crippen molar-refractivity contribution < 1.29 is 4.74 Å². The van der Waals surface area contributed by atoms with Gasteiger partial charge in [0.1, 0.15) is 5.82 Å². The van der Waals surface area contributed by atoms with Crippen LogP contribution in [-0.4, -0.2) is 24.2 Å². The number of hydrogen-bond acceptors (Lipinski definition) is 5. The van der Waals surface area contributed by atoms with Crippen molar-refractivity contribution in [2.75, 3.05) is 23.9 Å². The van der Waals surface area contributed by atoms with E-state index in [-0.39, 0.29) is 0 Å². The molecule has 4 N–H and O–H groups in total. The van der Waals surface area contributed by atoms with Gasteiger partial charge in [-0.3, -0.25) is 0 Å². The maximum absolute atomic E-state index is 5.66. The number of aromatic nitrogens is 1. The van der Waals surface area contributed by atoms with Gasteiger partial charge >= 0.3 is 0 Å². The number of rotatable bonds is 5. The molecule has 1 fully saturated rings. The lowest BCUT2D eigenvalue weighted by atomic mass is 10.00. The van der Waals surface area contributed by atoms with E-state index in [4.69, 9.17) is 10.6 Å². The second-order valence-corrected chi connectivity index (χ2v) is 4.32. The Morgan fingerprint density at radius 2 is 2.47 bits per heavy atom. The van der Waals surface area contributed by atoms with E-state index in [1.807, 2.05) is 12.1 Å². The van der Waals surface area contributed by atoms with E-state index in [1.165, 1.54) is 0 Å². The molecule has 5 nitrogen and oxygen atoms in total. The number of anilines is 2. The number of ether oxygens (including phenoxy) is 1. The molecule has 1 aliphatic heterocycles. The van der Waals surface area contributed by atoms with Crippen molar-refractivity contribution >= 4 is 11.5 Å². The van der Waals surface area contributed by atoms with Crippen LogP contribution in [0.5, 0.6) is 0 Å². The minimum absolute atomic E-state index is 0.399. The molecular formula is C12H20N4O. The zero-order chi connectivity index (χ0) is 12.1. The highest BCUT2D eigenvalue weighted by Gasteiger charge is 2.26. The molecule has 0 amide bonds. The van der Waals surface area contributed by atoms with Crippen LogP contribution in [0.2, 0.25) is 0 Å². The zero-order valence-electron chi connectivity index (χ0n) is 10.1. The monoisotopic (exact) mass is 236 g/mol. The molecule has 0 saturated carbocycles. The summed E-state index contributed by atoms with van der Waals surface area (Å²) in [5.74, 6) is 6.59. The molecule has 0 radical (unpaired) electrons. The Balaban J connectivity index is 1.88. The van der Waals surface area contributed by atoms with Gasteiger partial charge in [-0.25, -0.2) is 10.8 Å². The number of nitrogen functional groups attached to an aromatic ring is 1. The number of hydrazine groups is 1. The first-order valence-electron chi connectivity index (χ1n) is 6.11. The number of pyridine rings is 1. The summed E-state index contributed by atoms with van der Waals surface area (Å²) in [6, 6.07) is 3.84. The van der Waals surface area contributed by atoms with Crippen molar-refractivity contribution in [3.8, 4) is 0 Å². The van der Waals surface area contributed by atoms with E-state index in [0.717, 1.165) is 31.7 Å². The van der Waals surface area contributed by atoms with Gasteiger partial charge in [-0.1, -0.05) is 6.92 Å². The number of nitrogens with one attached hydrogen (secondary N) is 2. The van der Waals surface area contributed by atoms with Gasteiger partial charge in [0.2, 0.25) is 0 Å². The third-order valence-electron chi connectivity index (χ3n) is 3.22. The van der Waals surface area contributed by atoms with Crippen LogP contribution >= 0.6 is 0 Å². The van der Waals surface area contributed by atoms with Crippen molar-refractivity contribution in [1.29, 1.82) is 0 Å². The van der Waals surface area contributed by atoms with Gasteiger partial charge in [0.15, 0.2) is 0 Å². The molecule has 0 bridgehead atoms. The maximum atomic E-state index is 5.66. The fourth-order valence-corrected chi connectivity index (χ4v) is 2.25. The summed E-state index contributed by atoms with van der Waals surface area (Å²) in [4.78, 5) is 4.07. The van der Waals surface area contributed by atoms with Gasteiger partial charge in [0.25, 0.3) is 0 Å². The van der Waals surface area contributed by atoms with Gasteiger partial charge in [0, 0.05) is 37.0 Å². The molecular weight excluding hydrogens is 216 g/mol. The van der Waals surface area contributed by atoms with Crippen molar-refractivity contribution in [2.45, 2.75) is 25.9 Å². The van der Waals surface area contributed by atoms with Crippen LogP contribution in [0.4, 0.5) is 11.5 Å². The highest BCUT2D eigenvalue weighted by molar-refractivity contribution is 5.51. The minimum atomic E-state index is 0.399. The van der Waals surface area contributed by atoms with E-state index >= 15 is 0 Å². The summed E-state index contributed by atoms with van der Waals surface area (Å²) >= 11 is 0. The summed E-state index contributed by atoms with van der Waals surface area (Å²) in [5.41, 5.74) is 3.58. The summed E-state index contributed by atoms with van der Waals surface area (Å²) < 4.78 is 5.66. The fraction of sp³-hybridized carbons (Fsp3) is 0.583. The SMILES string of the molecule is CCC1OCCC1CNc1ccnc(NN)c1. The first kappa shape index (κ1) is 12.1. The molecule has 1 saturated heterocycles. The van der Waals surface area contributed by atoms with Gasteiger partial charge in [-0.05, 0) is 18.9 Å². The number of hydrogen-bond donors (Lipinski definition) is 3. The maximum Gasteiger partial charge on any atom is 0.141 e. The topological polar surface area (TPSA) is 72.2 Å². The van der Waals surface area contributed by atoms with E-state index in [2.05, 4.69) is 22.7 Å². The zero-order valence-corrected chi connectivity index (χ0v) is 10.1. The lowest BCUT2D eigenvalue weighted by Crippen LogP contribution is -2.22. The van der Waals surface area contributed by atoms with E-state index < -0.39 is 0 Å². The summed E-state index contributed by atoms with van der Waals surface area (Å²) in [6.07, 6.45) is 4.35. The molecule has 1 aromatic heterocycles. The predicted octanol–water partition coefficient (Wildman–Crippen LogP) is 1.59. The van der Waals surface area contributed by atoms with Crippen molar-refractivity contribution in [2.24, 2.45) is 11.8 Å². The van der Waals surface area contributed by atoms with E-state index in [0.29, 0.717) is 17.8 Å². The Hall–Kier alpha value is -1.33. The van der Waals surface area contributed by atoms with Gasteiger partial charge < -0.3 is 15.5 Å². The molecule has 1 aromatic rings. The first-order chi connectivity index (χ1) is 8.33. The van der Waals surface area contributed by atoms with Crippen LogP contribution in [0, 0.1) is 5.92 Å². The first-order valence-corrected chi connectivity index (χ1v) is 6.11. The Labute approximate surface area is 102 Å². The van der Waals surface area contributed by atoms with Crippen LogP contribution in [-0.2, 0) is 4.74 Å². The summed E-state index contributed by atoms with van der Waals surface area (Å²) in [5, 5.41) is 3.41. The second-order valence-electron chi connectivity index (χ2n) is 4.32. The Kier molecular flexibility index (Phi) is 4.17. The van der Waals surface area contributed by atoms with Crippen molar-refractivity contribution in [1.82, 2.24) is 4.98 Å². The Bertz CT molecular complexity index is 358. The Morgan fingerprint density at radius 1 is 1.59 bits per heavy atom. The average molecular weight is 236 g/mol. The van der Waals surface area contributed by atoms with Crippen LogP contribution in [0.15, 0.2) is 18.3 Å². The molecule has 1 aliphatic rings. The van der Waals surface area contributed by atoms with Gasteiger partial charge in [0.05, 0.1) is 6.10 Å². The molecule has 0 aliphatic carbocycles. The second kappa shape index (κ2) is 5.84. The highest BCUT2D eigenvalue weighted by Crippen LogP contribution is 2.24. The predicted molar refractivity (Wildman–Crippen MR) is 68.7 cm³/mol. The standard InChI is InChI=1S/C12H20N4O/c1-2-11-9(4-6-17-11)8-15-10-3-5-14-12(7-10)16-13/h3,5,7,9,11H,2,4,6,8,13H2,1H3,(H2,14,15,16). The van der Waals surface area contributed by atoms with Gasteiger partial charge in [-0.2, -0.15) is 0 Å². The third kappa shape index (κ3) is 3.08. The molecule has 0 spiro atoms. The van der Waals surface area contributed by atoms with Gasteiger partial charge in [-0.15, -0.1) is 0 Å². The fourth-order valence-electron chi connectivity index (χ4n) is 2.25. The molecule has 2 rings (SSSR count). The molecule has 5 heteroatoms. The normalized spacial score (nSPS) is 23.6. The largest absolute Gasteiger partial charge is 0.385 e. The molecule has 94 valence electrons. The quantitative estimate of drug-likeness (QED) is 0.535. The number of nitrogens with two attached hydrogens (primary N) is 1. The van der Waals surface area contributed by atoms with Crippen LogP contribution in [0.1, 0.15) is 19.8 Å². The lowest BCUT2D eigenvalue weighted by Gasteiger charge is -2.18. The van der Waals surface area contributed by atoms with E-state index in [1.54, 1.807) is 6.20 Å². The Morgan fingerprint density at radius 3 is 3.24 bits per heavy atom. The van der Waals surface area contributed by atoms with Crippen LogP contribution in [0.25, 0.3) is 0 Å². The van der Waals surface area contributed by atoms with Crippen molar-refractivity contribution in [3.63, 3.8) is 0 Å². The van der Waals surface area contributed by atoms with E-state index in [9.17, 15) is 0 Å². The molecule has 17 heavy (non-hydrogen) atoms.